The standard InChI is InChI=1S/C28H30N4O3S/c1-4-13-34-24-12-8-9-21(14-24)26-22(18-32(30-26)23-10-6-5-7-11-23)15-25-27(33)29-28(36-25)31-16-19(2)35-20(3)17-31/h5-12,14-15,18-20H,4,13,16-17H2,1-3H3/b25-15-/t19-,20+. The van der Waals surface area contributed by atoms with Gasteiger partial charge >= 0.3 is 0 Å². The molecule has 3 aromatic rings. The summed E-state index contributed by atoms with van der Waals surface area (Å²) in [7, 11) is 0. The van der Waals surface area contributed by atoms with E-state index in [1.807, 2.05) is 85.4 Å². The van der Waals surface area contributed by atoms with Crippen LogP contribution in [-0.2, 0) is 9.53 Å². The minimum Gasteiger partial charge on any atom is -0.494 e. The van der Waals surface area contributed by atoms with Crippen molar-refractivity contribution in [2.45, 2.75) is 39.4 Å². The molecule has 0 N–H and O–H groups in total. The second-order valence-electron chi connectivity index (χ2n) is 9.06. The van der Waals surface area contributed by atoms with Gasteiger partial charge in [0.15, 0.2) is 5.17 Å². The topological polar surface area (TPSA) is 68.9 Å². The molecule has 8 heteroatoms. The molecule has 0 aliphatic carbocycles. The number of hydrogen-bond donors (Lipinski definition) is 0. The van der Waals surface area contributed by atoms with Crippen LogP contribution >= 0.6 is 11.8 Å². The van der Waals surface area contributed by atoms with E-state index in [0.717, 1.165) is 52.9 Å². The van der Waals surface area contributed by atoms with Crippen LogP contribution in [0.5, 0.6) is 5.75 Å². The van der Waals surface area contributed by atoms with Crippen LogP contribution in [-0.4, -0.2) is 57.7 Å². The van der Waals surface area contributed by atoms with Crippen LogP contribution in [0.3, 0.4) is 0 Å². The number of morpholine rings is 1. The Morgan fingerprint density at radius 3 is 2.64 bits per heavy atom. The molecule has 2 aliphatic rings. The molecule has 0 spiro atoms. The summed E-state index contributed by atoms with van der Waals surface area (Å²) in [5, 5.41) is 5.64. The number of aromatic nitrogens is 2. The van der Waals surface area contributed by atoms with Gasteiger partial charge in [0.05, 0.1) is 29.4 Å². The van der Waals surface area contributed by atoms with Crippen LogP contribution in [0, 0.1) is 0 Å². The number of amides is 1. The number of para-hydroxylation sites is 1. The van der Waals surface area contributed by atoms with Crippen molar-refractivity contribution in [1.82, 2.24) is 14.7 Å². The first-order valence-electron chi connectivity index (χ1n) is 12.3. The van der Waals surface area contributed by atoms with Crippen LogP contribution in [0.2, 0.25) is 0 Å². The Bertz CT molecular complexity index is 1290. The van der Waals surface area contributed by atoms with E-state index in [0.29, 0.717) is 11.5 Å². The minimum atomic E-state index is -0.222. The third-order valence-electron chi connectivity index (χ3n) is 5.93. The summed E-state index contributed by atoms with van der Waals surface area (Å²) in [6, 6.07) is 17.9. The normalized spacial score (nSPS) is 21.2. The average Bonchev–Trinajstić information content (AvgIpc) is 3.47. The summed E-state index contributed by atoms with van der Waals surface area (Å²) >= 11 is 1.42. The molecule has 7 nitrogen and oxygen atoms in total. The van der Waals surface area contributed by atoms with E-state index < -0.39 is 0 Å². The summed E-state index contributed by atoms with van der Waals surface area (Å²) in [4.78, 5) is 20.0. The number of benzene rings is 2. The molecule has 1 fully saturated rings. The van der Waals surface area contributed by atoms with E-state index in [2.05, 4.69) is 16.8 Å². The van der Waals surface area contributed by atoms with E-state index in [4.69, 9.17) is 14.6 Å². The van der Waals surface area contributed by atoms with E-state index in [1.54, 1.807) is 0 Å². The van der Waals surface area contributed by atoms with Crippen molar-refractivity contribution >= 4 is 28.9 Å². The smallest absolute Gasteiger partial charge is 0.286 e. The van der Waals surface area contributed by atoms with Gasteiger partial charge in [0, 0.05) is 30.4 Å². The number of amidine groups is 1. The first kappa shape index (κ1) is 24.3. The number of hydrogen-bond acceptors (Lipinski definition) is 6. The quantitative estimate of drug-likeness (QED) is 0.420. The predicted molar refractivity (Wildman–Crippen MR) is 144 cm³/mol. The van der Waals surface area contributed by atoms with Crippen molar-refractivity contribution in [3.63, 3.8) is 0 Å². The highest BCUT2D eigenvalue weighted by atomic mass is 32.2. The van der Waals surface area contributed by atoms with Gasteiger partial charge in [0.1, 0.15) is 11.4 Å². The van der Waals surface area contributed by atoms with E-state index >= 15 is 0 Å². The van der Waals surface area contributed by atoms with Crippen LogP contribution in [0.4, 0.5) is 0 Å². The Labute approximate surface area is 215 Å². The van der Waals surface area contributed by atoms with Gasteiger partial charge in [0.25, 0.3) is 5.91 Å². The summed E-state index contributed by atoms with van der Waals surface area (Å²) in [5.41, 5.74) is 3.50. The molecule has 2 aromatic carbocycles. The van der Waals surface area contributed by atoms with Gasteiger partial charge in [-0.3, -0.25) is 4.79 Å². The highest BCUT2D eigenvalue weighted by Crippen LogP contribution is 2.34. The molecule has 36 heavy (non-hydrogen) atoms. The highest BCUT2D eigenvalue weighted by molar-refractivity contribution is 8.18. The molecule has 1 amide bonds. The zero-order chi connectivity index (χ0) is 25.1. The largest absolute Gasteiger partial charge is 0.494 e. The zero-order valence-corrected chi connectivity index (χ0v) is 21.6. The maximum Gasteiger partial charge on any atom is 0.286 e. The lowest BCUT2D eigenvalue weighted by atomic mass is 10.1. The predicted octanol–water partition coefficient (Wildman–Crippen LogP) is 5.41. The van der Waals surface area contributed by atoms with Crippen molar-refractivity contribution in [3.8, 4) is 22.7 Å². The zero-order valence-electron chi connectivity index (χ0n) is 20.8. The Morgan fingerprint density at radius 2 is 1.89 bits per heavy atom. The van der Waals surface area contributed by atoms with Crippen molar-refractivity contribution in [1.29, 1.82) is 0 Å². The molecule has 2 atom stereocenters. The second kappa shape index (κ2) is 10.7. The van der Waals surface area contributed by atoms with Crippen LogP contribution in [0.15, 0.2) is 70.7 Å². The molecule has 186 valence electrons. The molecule has 0 radical (unpaired) electrons. The van der Waals surface area contributed by atoms with Gasteiger partial charge in [-0.05, 0) is 62.4 Å². The lowest BCUT2D eigenvalue weighted by molar-refractivity contribution is -0.113. The molecule has 1 aromatic heterocycles. The number of thioether (sulfide) groups is 1. The molecule has 0 saturated carbocycles. The van der Waals surface area contributed by atoms with Crippen LogP contribution in [0.1, 0.15) is 32.8 Å². The highest BCUT2D eigenvalue weighted by Gasteiger charge is 2.31. The molecule has 1 saturated heterocycles. The van der Waals surface area contributed by atoms with Crippen LogP contribution < -0.4 is 4.74 Å². The summed E-state index contributed by atoms with van der Waals surface area (Å²) in [5.74, 6) is 0.579. The van der Waals surface area contributed by atoms with Gasteiger partial charge in [-0.15, -0.1) is 0 Å². The first-order chi connectivity index (χ1) is 17.5. The van der Waals surface area contributed by atoms with Gasteiger partial charge in [-0.25, -0.2) is 4.68 Å². The molecular weight excluding hydrogens is 472 g/mol. The van der Waals surface area contributed by atoms with Gasteiger partial charge in [-0.2, -0.15) is 10.1 Å². The number of nitrogens with zero attached hydrogens (tertiary/aromatic N) is 4. The number of aliphatic imine (C=N–C) groups is 1. The number of ether oxygens (including phenoxy) is 2. The van der Waals surface area contributed by atoms with Crippen molar-refractivity contribution in [2.24, 2.45) is 4.99 Å². The van der Waals surface area contributed by atoms with Gasteiger partial charge in [-0.1, -0.05) is 37.3 Å². The van der Waals surface area contributed by atoms with Gasteiger partial charge < -0.3 is 14.4 Å². The van der Waals surface area contributed by atoms with Crippen molar-refractivity contribution in [2.75, 3.05) is 19.7 Å². The Morgan fingerprint density at radius 1 is 1.11 bits per heavy atom. The summed E-state index contributed by atoms with van der Waals surface area (Å²) in [6.07, 6.45) is 4.99. The second-order valence-corrected chi connectivity index (χ2v) is 10.1. The lowest BCUT2D eigenvalue weighted by Crippen LogP contribution is -2.47. The lowest BCUT2D eigenvalue weighted by Gasteiger charge is -2.35. The Kier molecular flexibility index (Phi) is 7.25. The monoisotopic (exact) mass is 502 g/mol. The summed E-state index contributed by atoms with van der Waals surface area (Å²) in [6.45, 7) is 8.27. The maximum atomic E-state index is 12.9. The third kappa shape index (κ3) is 5.39. The number of carbonyl (C=O) groups excluding carboxylic acids is 1. The molecule has 2 aliphatic heterocycles. The Balaban J connectivity index is 1.49. The van der Waals surface area contributed by atoms with E-state index in [-0.39, 0.29) is 18.1 Å². The number of carbonyl (C=O) groups is 1. The molecule has 5 rings (SSSR count). The first-order valence-corrected chi connectivity index (χ1v) is 13.1. The van der Waals surface area contributed by atoms with Crippen molar-refractivity contribution < 1.29 is 14.3 Å². The minimum absolute atomic E-state index is 0.0955. The summed E-state index contributed by atoms with van der Waals surface area (Å²) < 4.78 is 13.5. The number of rotatable bonds is 6. The van der Waals surface area contributed by atoms with E-state index in [1.165, 1.54) is 11.8 Å². The fourth-order valence-electron chi connectivity index (χ4n) is 4.39. The van der Waals surface area contributed by atoms with Gasteiger partial charge in [0.2, 0.25) is 0 Å². The fourth-order valence-corrected chi connectivity index (χ4v) is 5.31. The fraction of sp³-hybridized carbons (Fsp3) is 0.321. The third-order valence-corrected chi connectivity index (χ3v) is 6.97. The van der Waals surface area contributed by atoms with E-state index in [9.17, 15) is 4.79 Å². The maximum absolute atomic E-state index is 12.9. The SMILES string of the molecule is CCCOc1cccc(-c2nn(-c3ccccc3)cc2/C=C2\SC(N3C[C@@H](C)O[C@@H](C)C3)=NC2=O)c1. The molecule has 0 bridgehead atoms. The van der Waals surface area contributed by atoms with Crippen LogP contribution in [0.25, 0.3) is 23.0 Å². The average molecular weight is 503 g/mol. The molecule has 0 unspecified atom stereocenters. The molecular formula is C28H30N4O3S. The Hall–Kier alpha value is -3.36. The molecule has 3 heterocycles. The van der Waals surface area contributed by atoms with Crippen molar-refractivity contribution in [3.05, 3.63) is 71.3 Å².